The lowest BCUT2D eigenvalue weighted by atomic mass is 10.1. The van der Waals surface area contributed by atoms with Gasteiger partial charge in [-0.1, -0.05) is 12.1 Å². The van der Waals surface area contributed by atoms with Gasteiger partial charge in [-0.3, -0.25) is 4.79 Å². The zero-order chi connectivity index (χ0) is 18.5. The Morgan fingerprint density at radius 1 is 0.962 bits per heavy atom. The molecule has 3 rings (SSSR count). The Labute approximate surface area is 152 Å². The largest absolute Gasteiger partial charge is 0.497 e. The predicted molar refractivity (Wildman–Crippen MR) is 102 cm³/mol. The molecule has 1 heterocycles. The quantitative estimate of drug-likeness (QED) is 0.726. The summed E-state index contributed by atoms with van der Waals surface area (Å²) in [5.74, 6) is 0.890. The van der Waals surface area contributed by atoms with Crippen molar-refractivity contribution in [1.29, 1.82) is 0 Å². The number of hydrogen-bond acceptors (Lipinski definition) is 5. The summed E-state index contributed by atoms with van der Waals surface area (Å²) in [5, 5.41) is 5.93. The van der Waals surface area contributed by atoms with Crippen LogP contribution in [0.25, 0.3) is 0 Å². The van der Waals surface area contributed by atoms with Gasteiger partial charge < -0.3 is 15.4 Å². The average Bonchev–Trinajstić information content (AvgIpc) is 2.65. The van der Waals surface area contributed by atoms with E-state index in [0.717, 1.165) is 22.7 Å². The van der Waals surface area contributed by atoms with Crippen LogP contribution in [-0.4, -0.2) is 23.0 Å². The van der Waals surface area contributed by atoms with Gasteiger partial charge >= 0.3 is 0 Å². The first-order chi connectivity index (χ1) is 12.5. The van der Waals surface area contributed by atoms with E-state index < -0.39 is 0 Å². The van der Waals surface area contributed by atoms with Gasteiger partial charge in [0.15, 0.2) is 0 Å². The minimum atomic E-state index is -0.249. The van der Waals surface area contributed by atoms with Crippen LogP contribution in [0.15, 0.2) is 54.9 Å². The maximum absolute atomic E-state index is 12.3. The fourth-order valence-corrected chi connectivity index (χ4v) is 2.36. The summed E-state index contributed by atoms with van der Waals surface area (Å²) >= 11 is 0. The Hall–Kier alpha value is -3.41. The van der Waals surface area contributed by atoms with Gasteiger partial charge in [-0.15, -0.1) is 0 Å². The highest BCUT2D eigenvalue weighted by atomic mass is 16.5. The molecule has 0 spiro atoms. The standard InChI is InChI=1S/C20H20N4O2/c1-13-7-8-17(9-14(13)2)23-19(25)15-11-21-20(22-12-15)24-16-5-4-6-18(10-16)26-3/h4-12H,1-3H3,(H,23,25)(H,21,22,24). The number of aryl methyl sites for hydroxylation is 2. The van der Waals surface area contributed by atoms with E-state index in [0.29, 0.717) is 11.5 Å². The SMILES string of the molecule is COc1cccc(Nc2ncc(C(=O)Nc3ccc(C)c(C)c3)cn2)c1. The van der Waals surface area contributed by atoms with Crippen molar-refractivity contribution in [3.8, 4) is 5.75 Å². The number of nitrogens with one attached hydrogen (secondary N) is 2. The van der Waals surface area contributed by atoms with Crippen LogP contribution in [0.4, 0.5) is 17.3 Å². The van der Waals surface area contributed by atoms with Gasteiger partial charge in [0, 0.05) is 29.8 Å². The van der Waals surface area contributed by atoms with Crippen LogP contribution in [0, 0.1) is 13.8 Å². The van der Waals surface area contributed by atoms with Gasteiger partial charge in [0.1, 0.15) is 5.75 Å². The first-order valence-corrected chi connectivity index (χ1v) is 8.17. The van der Waals surface area contributed by atoms with Crippen LogP contribution in [0.3, 0.4) is 0 Å². The fourth-order valence-electron chi connectivity index (χ4n) is 2.36. The molecule has 6 nitrogen and oxygen atoms in total. The number of amides is 1. The molecule has 0 aliphatic rings. The topological polar surface area (TPSA) is 76.1 Å². The summed E-state index contributed by atoms with van der Waals surface area (Å²) in [7, 11) is 1.61. The molecule has 6 heteroatoms. The lowest BCUT2D eigenvalue weighted by Crippen LogP contribution is -2.13. The molecule has 0 unspecified atom stereocenters. The third-order valence-corrected chi connectivity index (χ3v) is 4.00. The number of carbonyl (C=O) groups is 1. The van der Waals surface area contributed by atoms with Crippen LogP contribution in [-0.2, 0) is 0 Å². The Kier molecular flexibility index (Phi) is 5.12. The molecule has 0 bridgehead atoms. The zero-order valence-electron chi connectivity index (χ0n) is 14.9. The molecule has 0 aliphatic carbocycles. The number of benzene rings is 2. The highest BCUT2D eigenvalue weighted by molar-refractivity contribution is 6.03. The van der Waals surface area contributed by atoms with E-state index in [2.05, 4.69) is 20.6 Å². The van der Waals surface area contributed by atoms with Crippen molar-refractivity contribution in [1.82, 2.24) is 9.97 Å². The third-order valence-electron chi connectivity index (χ3n) is 4.00. The molecule has 0 atom stereocenters. The van der Waals surface area contributed by atoms with Crippen molar-refractivity contribution in [3.05, 3.63) is 71.5 Å². The van der Waals surface area contributed by atoms with Crippen molar-refractivity contribution >= 4 is 23.2 Å². The predicted octanol–water partition coefficient (Wildman–Crippen LogP) is 4.10. The number of rotatable bonds is 5. The normalized spacial score (nSPS) is 10.3. The molecule has 132 valence electrons. The molecule has 0 fully saturated rings. The Bertz CT molecular complexity index is 923. The van der Waals surface area contributed by atoms with Crippen molar-refractivity contribution < 1.29 is 9.53 Å². The van der Waals surface area contributed by atoms with Crippen LogP contribution >= 0.6 is 0 Å². The second-order valence-electron chi connectivity index (χ2n) is 5.91. The summed E-state index contributed by atoms with van der Waals surface area (Å²) in [6.07, 6.45) is 2.98. The first kappa shape index (κ1) is 17.4. The van der Waals surface area contributed by atoms with E-state index in [4.69, 9.17) is 4.74 Å². The van der Waals surface area contributed by atoms with E-state index in [1.54, 1.807) is 7.11 Å². The highest BCUT2D eigenvalue weighted by Gasteiger charge is 2.09. The van der Waals surface area contributed by atoms with E-state index in [1.807, 2.05) is 56.3 Å². The molecule has 1 amide bonds. The third kappa shape index (κ3) is 4.16. The minimum absolute atomic E-state index is 0.249. The van der Waals surface area contributed by atoms with Crippen molar-refractivity contribution in [2.75, 3.05) is 17.7 Å². The molecular formula is C20H20N4O2. The van der Waals surface area contributed by atoms with Crippen molar-refractivity contribution in [2.45, 2.75) is 13.8 Å². The molecule has 0 saturated heterocycles. The molecule has 1 aromatic heterocycles. The monoisotopic (exact) mass is 348 g/mol. The van der Waals surface area contributed by atoms with Crippen LogP contribution in [0.1, 0.15) is 21.5 Å². The number of methoxy groups -OCH3 is 1. The molecule has 26 heavy (non-hydrogen) atoms. The number of aromatic nitrogens is 2. The Morgan fingerprint density at radius 3 is 2.42 bits per heavy atom. The Balaban J connectivity index is 1.68. The lowest BCUT2D eigenvalue weighted by molar-refractivity contribution is 0.102. The molecule has 0 saturated carbocycles. The number of hydrogen-bond donors (Lipinski definition) is 2. The summed E-state index contributed by atoms with van der Waals surface area (Å²) in [4.78, 5) is 20.7. The van der Waals surface area contributed by atoms with Gasteiger partial charge in [-0.25, -0.2) is 9.97 Å². The Morgan fingerprint density at radius 2 is 1.73 bits per heavy atom. The molecule has 3 aromatic rings. The molecule has 0 aliphatic heterocycles. The van der Waals surface area contributed by atoms with Crippen LogP contribution < -0.4 is 15.4 Å². The summed E-state index contributed by atoms with van der Waals surface area (Å²) in [5.41, 5.74) is 4.24. The maximum atomic E-state index is 12.3. The number of ether oxygens (including phenoxy) is 1. The summed E-state index contributed by atoms with van der Waals surface area (Å²) in [6, 6.07) is 13.2. The van der Waals surface area contributed by atoms with Crippen LogP contribution in [0.5, 0.6) is 5.75 Å². The van der Waals surface area contributed by atoms with Crippen LogP contribution in [0.2, 0.25) is 0 Å². The van der Waals surface area contributed by atoms with E-state index in [1.165, 1.54) is 18.0 Å². The average molecular weight is 348 g/mol. The van der Waals surface area contributed by atoms with Gasteiger partial charge in [0.25, 0.3) is 5.91 Å². The number of anilines is 3. The first-order valence-electron chi connectivity index (χ1n) is 8.17. The number of carbonyl (C=O) groups excluding carboxylic acids is 1. The molecule has 2 aromatic carbocycles. The maximum Gasteiger partial charge on any atom is 0.258 e. The van der Waals surface area contributed by atoms with E-state index >= 15 is 0 Å². The van der Waals surface area contributed by atoms with Gasteiger partial charge in [-0.2, -0.15) is 0 Å². The minimum Gasteiger partial charge on any atom is -0.497 e. The van der Waals surface area contributed by atoms with Gasteiger partial charge in [-0.05, 0) is 49.2 Å². The second-order valence-corrected chi connectivity index (χ2v) is 5.91. The summed E-state index contributed by atoms with van der Waals surface area (Å²) < 4.78 is 5.18. The smallest absolute Gasteiger partial charge is 0.258 e. The van der Waals surface area contributed by atoms with E-state index in [-0.39, 0.29) is 5.91 Å². The molecule has 2 N–H and O–H groups in total. The second kappa shape index (κ2) is 7.65. The molecular weight excluding hydrogens is 328 g/mol. The zero-order valence-corrected chi connectivity index (χ0v) is 14.9. The van der Waals surface area contributed by atoms with Gasteiger partial charge in [0.05, 0.1) is 12.7 Å². The lowest BCUT2D eigenvalue weighted by Gasteiger charge is -2.09. The number of nitrogens with zero attached hydrogens (tertiary/aromatic N) is 2. The molecule has 0 radical (unpaired) electrons. The van der Waals surface area contributed by atoms with Crippen molar-refractivity contribution in [3.63, 3.8) is 0 Å². The van der Waals surface area contributed by atoms with E-state index in [9.17, 15) is 4.79 Å². The highest BCUT2D eigenvalue weighted by Crippen LogP contribution is 2.19. The fraction of sp³-hybridized carbons (Fsp3) is 0.150. The van der Waals surface area contributed by atoms with Crippen molar-refractivity contribution in [2.24, 2.45) is 0 Å². The van der Waals surface area contributed by atoms with Gasteiger partial charge in [0.2, 0.25) is 5.95 Å². The summed E-state index contributed by atoms with van der Waals surface area (Å²) in [6.45, 7) is 4.04.